The van der Waals surface area contributed by atoms with Gasteiger partial charge < -0.3 is 50.3 Å². The lowest BCUT2D eigenvalue weighted by atomic mass is 9.84. The lowest BCUT2D eigenvalue weighted by Gasteiger charge is -2.38. The van der Waals surface area contributed by atoms with Crippen LogP contribution in [0.25, 0.3) is 0 Å². The quantitative estimate of drug-likeness (QED) is 0.216. The van der Waals surface area contributed by atoms with E-state index >= 15 is 19.2 Å². The molecular weight excluding hydrogens is 1020 g/mol. The summed E-state index contributed by atoms with van der Waals surface area (Å²) in [5.41, 5.74) is 1.44. The highest BCUT2D eigenvalue weighted by Gasteiger charge is 2.47. The third-order valence-corrected chi connectivity index (χ3v) is 16.6. The second-order valence-corrected chi connectivity index (χ2v) is 23.8. The Hall–Kier alpha value is -6.37. The number of carbonyl (C=O) groups excluding carboxylic acids is 9. The van der Waals surface area contributed by atoms with Gasteiger partial charge in [0.1, 0.15) is 42.3 Å². The number of nitrogens with one attached hydrogen (secondary N) is 3. The van der Waals surface area contributed by atoms with Gasteiger partial charge >= 0.3 is 5.97 Å². The molecule has 2 aromatic carbocycles. The number of nitrogens with zero attached hydrogens (tertiary/aromatic N) is 5. The second-order valence-electron chi connectivity index (χ2n) is 23.8. The number of cyclic esters (lactones) is 1. The number of hydrogen-bond donors (Lipinski definition) is 4. The van der Waals surface area contributed by atoms with E-state index in [0.29, 0.717) is 31.2 Å². The number of fused-ring (bicyclic) bond motifs is 1. The normalized spacial score (nSPS) is 27.5. The first-order valence-corrected chi connectivity index (χ1v) is 29.1. The Morgan fingerprint density at radius 2 is 1.05 bits per heavy atom. The van der Waals surface area contributed by atoms with Crippen LogP contribution in [0, 0.1) is 29.6 Å². The predicted octanol–water partition coefficient (Wildman–Crippen LogP) is 4.52. The first kappa shape index (κ1) is 64.5. The number of amides is 8. The molecule has 0 aromatic heterocycles. The largest absolute Gasteiger partial charge is 0.450 e. The van der Waals surface area contributed by atoms with Gasteiger partial charge in [0.05, 0.1) is 6.10 Å². The standard InChI is InChI=1S/C61H92N8O11/c1-14-39(8)48-59(77)66(11)49(37(4)5)54(72)62-44(33-36(2)3)57(75)68(13)51(40(9)70)61(79)80-52(43-29-22-17-23-30-43)60(78)67(12)50(38(6)7)55(73)63-45(34-41-25-18-15-19-26-41)56(74)65(10)47(35-42-27-20-16-21-28-42)58(76)69-32-24-31-46(69)53(71)64-48/h15-16,18-21,25-28,36-40,43-52,70H,14,17,22-24,29-35H2,1-13H3,(H,62,72)(H,63,73)(H,64,71)/t39-,40-,44+,45+,46+,47+,48+,49+,50+,51+,52-/m1/s1. The summed E-state index contributed by atoms with van der Waals surface area (Å²) in [5.74, 6) is -8.22. The van der Waals surface area contributed by atoms with E-state index < -0.39 is 137 Å². The molecule has 2 aliphatic heterocycles. The molecule has 3 aliphatic rings. The van der Waals surface area contributed by atoms with Crippen molar-refractivity contribution >= 4 is 53.2 Å². The Kier molecular flexibility index (Phi) is 23.7. The maximum atomic E-state index is 15.3. The smallest absolute Gasteiger partial charge is 0.332 e. The molecule has 11 atom stereocenters. The lowest BCUT2D eigenvalue weighted by molar-refractivity contribution is -0.174. The van der Waals surface area contributed by atoms with Crippen LogP contribution in [0.3, 0.4) is 0 Å². The minimum atomic E-state index is -1.65. The molecule has 19 nitrogen and oxygen atoms in total. The molecular formula is C61H92N8O11. The molecule has 19 heteroatoms. The maximum absolute atomic E-state index is 15.3. The van der Waals surface area contributed by atoms with Gasteiger partial charge in [-0.15, -0.1) is 0 Å². The van der Waals surface area contributed by atoms with Gasteiger partial charge in [0, 0.05) is 53.5 Å². The highest BCUT2D eigenvalue weighted by atomic mass is 16.6. The van der Waals surface area contributed by atoms with Crippen molar-refractivity contribution in [2.24, 2.45) is 29.6 Å². The average Bonchev–Trinajstić information content (AvgIpc) is 3.99. The summed E-state index contributed by atoms with van der Waals surface area (Å²) in [6, 6.07) is 8.36. The van der Waals surface area contributed by atoms with E-state index in [1.807, 2.05) is 88.4 Å². The fraction of sp³-hybridized carbons (Fsp3) is 0.656. The third-order valence-electron chi connectivity index (χ3n) is 16.6. The van der Waals surface area contributed by atoms with E-state index in [-0.39, 0.29) is 38.1 Å². The number of likely N-dealkylation sites (N-methyl/N-ethyl adjacent to an activating group) is 4. The Labute approximate surface area is 474 Å². The summed E-state index contributed by atoms with van der Waals surface area (Å²) < 4.78 is 6.21. The van der Waals surface area contributed by atoms with E-state index in [0.717, 1.165) is 29.7 Å². The Bertz CT molecular complexity index is 2450. The summed E-state index contributed by atoms with van der Waals surface area (Å²) >= 11 is 0. The van der Waals surface area contributed by atoms with E-state index in [9.17, 15) is 29.1 Å². The van der Waals surface area contributed by atoms with Gasteiger partial charge in [0.2, 0.25) is 41.4 Å². The van der Waals surface area contributed by atoms with Crippen LogP contribution in [0.2, 0.25) is 0 Å². The van der Waals surface area contributed by atoms with Crippen LogP contribution in [-0.2, 0) is 60.7 Å². The Balaban J connectivity index is 1.69. The number of carbonyl (C=O) groups is 9. The molecule has 5 rings (SSSR count). The molecule has 0 bridgehead atoms. The van der Waals surface area contributed by atoms with Crippen LogP contribution in [0.1, 0.15) is 131 Å². The zero-order valence-electron chi connectivity index (χ0n) is 49.7. The topological polar surface area (TPSA) is 235 Å². The molecule has 80 heavy (non-hydrogen) atoms. The summed E-state index contributed by atoms with van der Waals surface area (Å²) in [4.78, 5) is 141. The van der Waals surface area contributed by atoms with Crippen molar-refractivity contribution in [1.82, 2.24) is 40.4 Å². The number of aliphatic hydroxyl groups is 1. The van der Waals surface area contributed by atoms with Crippen LogP contribution in [0.5, 0.6) is 0 Å². The molecule has 2 heterocycles. The van der Waals surface area contributed by atoms with Crippen molar-refractivity contribution in [2.75, 3.05) is 34.7 Å². The average molecular weight is 1110 g/mol. The molecule has 1 saturated carbocycles. The van der Waals surface area contributed by atoms with Crippen molar-refractivity contribution in [3.05, 3.63) is 71.8 Å². The number of ether oxygens (including phenoxy) is 1. The van der Waals surface area contributed by atoms with E-state index in [1.165, 1.54) is 54.7 Å². The van der Waals surface area contributed by atoms with Crippen molar-refractivity contribution in [2.45, 2.75) is 193 Å². The fourth-order valence-corrected chi connectivity index (χ4v) is 11.9. The van der Waals surface area contributed by atoms with Crippen LogP contribution in [0.15, 0.2) is 60.7 Å². The summed E-state index contributed by atoms with van der Waals surface area (Å²) in [6.45, 7) is 15.9. The lowest BCUT2D eigenvalue weighted by Crippen LogP contribution is -2.62. The number of rotatable bonds is 12. The third kappa shape index (κ3) is 16.0. The fourth-order valence-electron chi connectivity index (χ4n) is 11.9. The van der Waals surface area contributed by atoms with Crippen LogP contribution < -0.4 is 16.0 Å². The maximum Gasteiger partial charge on any atom is 0.332 e. The van der Waals surface area contributed by atoms with Gasteiger partial charge in [-0.3, -0.25) is 38.4 Å². The van der Waals surface area contributed by atoms with Gasteiger partial charge in [-0.1, -0.05) is 142 Å². The Morgan fingerprint density at radius 1 is 0.550 bits per heavy atom. The van der Waals surface area contributed by atoms with Gasteiger partial charge in [-0.2, -0.15) is 0 Å². The van der Waals surface area contributed by atoms with Gasteiger partial charge in [-0.05, 0) is 73.8 Å². The van der Waals surface area contributed by atoms with E-state index in [1.54, 1.807) is 27.7 Å². The SMILES string of the molecule is CC[C@@H](C)[C@@H]1NC(=O)[C@@H]2CCCN2C(=O)[C@H](Cc2ccccc2)N(C)C(=O)[C@H](Cc2ccccc2)NC(=O)[C@H](C(C)C)N(C)C(=O)[C@@H](C2CCCCC2)OC(=O)[C@H]([C@@H](C)O)N(C)C(=O)[C@H](CC(C)C)NC(=O)[C@H](C(C)C)N(C)C1=O. The molecule has 442 valence electrons. The monoisotopic (exact) mass is 1110 g/mol. The van der Waals surface area contributed by atoms with Crippen molar-refractivity contribution in [3.63, 3.8) is 0 Å². The number of hydrogen-bond acceptors (Lipinski definition) is 11. The second kappa shape index (κ2) is 29.4. The first-order chi connectivity index (χ1) is 37.8. The number of aliphatic hydroxyl groups excluding tert-OH is 1. The minimum absolute atomic E-state index is 0.00475. The van der Waals surface area contributed by atoms with Crippen LogP contribution >= 0.6 is 0 Å². The molecule has 2 saturated heterocycles. The molecule has 0 radical (unpaired) electrons. The van der Waals surface area contributed by atoms with Gasteiger partial charge in [-0.25, -0.2) is 4.79 Å². The molecule has 8 amide bonds. The zero-order chi connectivity index (χ0) is 59.3. The Morgan fingerprint density at radius 3 is 1.56 bits per heavy atom. The van der Waals surface area contributed by atoms with Crippen molar-refractivity contribution < 1.29 is 53.0 Å². The number of esters is 1. The summed E-state index contributed by atoms with van der Waals surface area (Å²) in [5, 5.41) is 20.2. The van der Waals surface area contributed by atoms with E-state index in [4.69, 9.17) is 4.74 Å². The summed E-state index contributed by atoms with van der Waals surface area (Å²) in [7, 11) is 5.75. The highest BCUT2D eigenvalue weighted by molar-refractivity contribution is 5.99. The van der Waals surface area contributed by atoms with Crippen molar-refractivity contribution in [1.29, 1.82) is 0 Å². The molecule has 2 aromatic rings. The molecule has 3 fully saturated rings. The highest BCUT2D eigenvalue weighted by Crippen LogP contribution is 2.31. The summed E-state index contributed by atoms with van der Waals surface area (Å²) in [6.07, 6.45) is 1.80. The van der Waals surface area contributed by atoms with Crippen molar-refractivity contribution in [3.8, 4) is 0 Å². The van der Waals surface area contributed by atoms with Crippen LogP contribution in [0.4, 0.5) is 0 Å². The predicted molar refractivity (Wildman–Crippen MR) is 304 cm³/mol. The van der Waals surface area contributed by atoms with E-state index in [2.05, 4.69) is 16.0 Å². The molecule has 0 spiro atoms. The molecule has 0 unspecified atom stereocenters. The van der Waals surface area contributed by atoms with Gasteiger partial charge in [0.15, 0.2) is 12.1 Å². The minimum Gasteiger partial charge on any atom is -0.450 e. The molecule has 4 N–H and O–H groups in total. The first-order valence-electron chi connectivity index (χ1n) is 29.1. The van der Waals surface area contributed by atoms with Gasteiger partial charge in [0.25, 0.3) is 5.91 Å². The molecule has 1 aliphatic carbocycles. The number of benzene rings is 2. The zero-order valence-corrected chi connectivity index (χ0v) is 49.7. The van der Waals surface area contributed by atoms with Crippen LogP contribution in [-0.4, -0.2) is 178 Å².